The molecular formula is C20H47O12P2SZr-. The van der Waals surface area contributed by atoms with Gasteiger partial charge in [-0.2, -0.15) is 0 Å². The zero-order chi connectivity index (χ0) is 28.4. The van der Waals surface area contributed by atoms with Crippen LogP contribution in [-0.2, 0) is 64.8 Å². The normalized spacial score (nSPS) is 10.1. The van der Waals surface area contributed by atoms with Gasteiger partial charge < -0.3 is 56.4 Å². The van der Waals surface area contributed by atoms with Crippen molar-refractivity contribution in [1.29, 1.82) is 0 Å². The number of thiol groups is 1. The smallest absolute Gasteiger partial charge is 0.790 e. The third-order valence-corrected chi connectivity index (χ3v) is 3.57. The molecule has 0 amide bonds. The summed E-state index contributed by atoms with van der Waals surface area (Å²) in [5.41, 5.74) is 0. The van der Waals surface area contributed by atoms with E-state index in [4.69, 9.17) is 56.4 Å². The molecule has 0 aliphatic rings. The molecule has 0 rings (SSSR count). The molecule has 0 bridgehead atoms. The monoisotopic (exact) mass is 663 g/mol. The van der Waals surface area contributed by atoms with Gasteiger partial charge in [0, 0.05) is 26.4 Å². The van der Waals surface area contributed by atoms with E-state index in [0.29, 0.717) is 0 Å². The first-order valence-electron chi connectivity index (χ1n) is 11.8. The summed E-state index contributed by atoms with van der Waals surface area (Å²) < 4.78 is 44.9. The Labute approximate surface area is 240 Å². The van der Waals surface area contributed by atoms with Gasteiger partial charge in [0.25, 0.3) is 0 Å². The molecule has 0 spiro atoms. The van der Waals surface area contributed by atoms with Crippen LogP contribution in [-0.4, -0.2) is 36.2 Å². The molecule has 2 N–H and O–H groups in total. The van der Waals surface area contributed by atoms with Crippen molar-refractivity contribution in [2.24, 2.45) is 0 Å². The van der Waals surface area contributed by atoms with E-state index in [1.165, 1.54) is 77.0 Å². The molecule has 0 radical (unpaired) electrons. The maximum Gasteiger partial charge on any atom is 4.00 e. The van der Waals surface area contributed by atoms with E-state index in [2.05, 4.69) is 27.7 Å². The molecule has 0 fully saturated rings. The Morgan fingerprint density at radius 2 is 0.694 bits per heavy atom. The SMILES string of the molecule is CCCCCOCCCCC.CCCCCOCCCCC.O=P([O-])([O-])O.O=P([O-])([O-])O.O=[SH-]=O.[Zr+4]. The Morgan fingerprint density at radius 1 is 0.556 bits per heavy atom. The Hall–Kier alpha value is 0.973. The number of hydrogen-bond acceptors (Lipinski definition) is 11. The quantitative estimate of drug-likeness (QED) is 0.105. The molecule has 0 saturated heterocycles. The molecule has 36 heavy (non-hydrogen) atoms. The van der Waals surface area contributed by atoms with E-state index in [1.54, 1.807) is 0 Å². The van der Waals surface area contributed by atoms with E-state index < -0.39 is 27.2 Å². The molecule has 0 aromatic carbocycles. The fraction of sp³-hybridized carbons (Fsp3) is 1.00. The summed E-state index contributed by atoms with van der Waals surface area (Å²) >= 11 is -1.08. The van der Waals surface area contributed by atoms with E-state index >= 15 is 0 Å². The Balaban J connectivity index is -0.0000000839. The standard InChI is InChI=1S/2C10H22O.2H3O4P.HO2S.Zr/c2*1-3-5-7-9-11-10-8-6-4-2;2*1-5(2,3)4;1-3-2;/h2*3-10H2,1-2H3;2*(H3,1,2,3,4);3H;/q;;;;-1;+4/p-4. The number of rotatable bonds is 16. The van der Waals surface area contributed by atoms with Gasteiger partial charge in [-0.25, -0.2) is 0 Å². The van der Waals surface area contributed by atoms with Crippen molar-refractivity contribution < 1.29 is 82.6 Å². The first-order valence-corrected chi connectivity index (χ1v) is 15.6. The first-order chi connectivity index (χ1) is 16.2. The van der Waals surface area contributed by atoms with E-state index in [-0.39, 0.29) is 26.2 Å². The molecular weight excluding hydrogens is 617 g/mol. The average Bonchev–Trinajstić information content (AvgIpc) is 2.71. The Kier molecular flexibility index (Phi) is 59.6. The van der Waals surface area contributed by atoms with Crippen LogP contribution < -0.4 is 19.6 Å². The maximum absolute atomic E-state index is 8.66. The summed E-state index contributed by atoms with van der Waals surface area (Å²) in [7, 11) is -10.3. The van der Waals surface area contributed by atoms with Gasteiger partial charge in [-0.3, -0.25) is 0 Å². The Morgan fingerprint density at radius 3 is 0.806 bits per heavy atom. The van der Waals surface area contributed by atoms with Crippen molar-refractivity contribution in [2.75, 3.05) is 26.4 Å². The van der Waals surface area contributed by atoms with E-state index in [1.807, 2.05) is 0 Å². The largest absolute Gasteiger partial charge is 4.00 e. The zero-order valence-corrected chi connectivity index (χ0v) is 27.3. The average molecular weight is 665 g/mol. The molecule has 12 nitrogen and oxygen atoms in total. The van der Waals surface area contributed by atoms with Crippen LogP contribution in [0.5, 0.6) is 0 Å². The van der Waals surface area contributed by atoms with Gasteiger partial charge in [-0.05, 0) is 25.7 Å². The van der Waals surface area contributed by atoms with Crippen LogP contribution in [0, 0.1) is 0 Å². The van der Waals surface area contributed by atoms with Gasteiger partial charge in [-0.15, -0.1) is 0 Å². The fourth-order valence-electron chi connectivity index (χ4n) is 2.02. The predicted octanol–water partition coefficient (Wildman–Crippen LogP) is 1.87. The number of ether oxygens (including phenoxy) is 2. The van der Waals surface area contributed by atoms with Crippen molar-refractivity contribution >= 4 is 27.2 Å². The van der Waals surface area contributed by atoms with Crippen LogP contribution in [0.15, 0.2) is 0 Å². The second-order valence-corrected chi connectivity index (χ2v) is 9.09. The summed E-state index contributed by atoms with van der Waals surface area (Å²) in [4.78, 5) is 48.6. The van der Waals surface area contributed by atoms with Crippen LogP contribution in [0.2, 0.25) is 0 Å². The summed E-state index contributed by atoms with van der Waals surface area (Å²) in [5, 5.41) is 0. The molecule has 0 atom stereocenters. The van der Waals surface area contributed by atoms with Gasteiger partial charge in [0.2, 0.25) is 0 Å². The summed E-state index contributed by atoms with van der Waals surface area (Å²) in [6.45, 7) is 12.8. The van der Waals surface area contributed by atoms with E-state index in [9.17, 15) is 0 Å². The van der Waals surface area contributed by atoms with Crippen molar-refractivity contribution in [3.63, 3.8) is 0 Å². The maximum atomic E-state index is 8.66. The molecule has 0 saturated carbocycles. The minimum atomic E-state index is -5.14. The van der Waals surface area contributed by atoms with E-state index in [0.717, 1.165) is 26.4 Å². The van der Waals surface area contributed by atoms with Gasteiger partial charge in [0.1, 0.15) is 0 Å². The second-order valence-electron chi connectivity index (χ2n) is 7.06. The molecule has 0 aliphatic heterocycles. The topological polar surface area (TPSA) is 219 Å². The van der Waals surface area contributed by atoms with Crippen molar-refractivity contribution in [3.8, 4) is 0 Å². The molecule has 0 aromatic heterocycles. The molecule has 0 unspecified atom stereocenters. The van der Waals surface area contributed by atoms with Crippen LogP contribution in [0.4, 0.5) is 0 Å². The third kappa shape index (κ3) is 140. The second kappa shape index (κ2) is 43.0. The zero-order valence-electron chi connectivity index (χ0n) is 22.1. The van der Waals surface area contributed by atoms with Crippen LogP contribution in [0.3, 0.4) is 0 Å². The van der Waals surface area contributed by atoms with Crippen molar-refractivity contribution in [3.05, 3.63) is 0 Å². The summed E-state index contributed by atoms with van der Waals surface area (Å²) in [6.07, 6.45) is 15.4. The van der Waals surface area contributed by atoms with Gasteiger partial charge in [-0.1, -0.05) is 90.6 Å². The Bertz CT molecular complexity index is 431. The van der Waals surface area contributed by atoms with Gasteiger partial charge >= 0.3 is 26.2 Å². The number of hydrogen-bond donors (Lipinski definition) is 2. The molecule has 0 aromatic rings. The number of phosphoric acid groups is 2. The summed E-state index contributed by atoms with van der Waals surface area (Å²) in [5.74, 6) is 0. The molecule has 0 aliphatic carbocycles. The fourth-order valence-corrected chi connectivity index (χ4v) is 2.02. The minimum Gasteiger partial charge on any atom is -0.790 e. The number of unbranched alkanes of at least 4 members (excludes halogenated alkanes) is 8. The van der Waals surface area contributed by atoms with Gasteiger partial charge in [0.15, 0.2) is 0 Å². The van der Waals surface area contributed by atoms with Crippen LogP contribution >= 0.6 is 15.6 Å². The molecule has 0 heterocycles. The van der Waals surface area contributed by atoms with Crippen molar-refractivity contribution in [2.45, 2.75) is 105 Å². The van der Waals surface area contributed by atoms with Crippen molar-refractivity contribution in [1.82, 2.24) is 0 Å². The minimum absolute atomic E-state index is 0. The first kappa shape index (κ1) is 49.9. The third-order valence-electron chi connectivity index (χ3n) is 3.57. The molecule has 16 heteroatoms. The predicted molar refractivity (Wildman–Crippen MR) is 130 cm³/mol. The van der Waals surface area contributed by atoms with Gasteiger partial charge in [0.05, 0.1) is 15.6 Å². The molecule has 220 valence electrons. The summed E-state index contributed by atoms with van der Waals surface area (Å²) in [6, 6.07) is 0. The van der Waals surface area contributed by atoms with Crippen LogP contribution in [0.25, 0.3) is 0 Å². The van der Waals surface area contributed by atoms with Crippen LogP contribution in [0.1, 0.15) is 105 Å².